The van der Waals surface area contributed by atoms with Gasteiger partial charge in [-0.15, -0.1) is 0 Å². The smallest absolute Gasteiger partial charge is 0.264 e. The molecular weight excluding hydrogens is 370 g/mol. The fraction of sp³-hybridized carbons (Fsp3) is 0.368. The number of rotatable bonds is 9. The van der Waals surface area contributed by atoms with Crippen molar-refractivity contribution in [3.8, 4) is 17.2 Å². The van der Waals surface area contributed by atoms with Crippen LogP contribution in [-0.2, 0) is 14.8 Å². The van der Waals surface area contributed by atoms with E-state index >= 15 is 0 Å². The highest BCUT2D eigenvalue weighted by Crippen LogP contribution is 2.33. The lowest BCUT2D eigenvalue weighted by Crippen LogP contribution is -2.26. The Kier molecular flexibility index (Phi) is 6.92. The van der Waals surface area contributed by atoms with E-state index in [4.69, 9.17) is 18.9 Å². The number of hydrogen-bond acceptors (Lipinski definition) is 6. The number of sulfonamides is 1. The monoisotopic (exact) mass is 395 g/mol. The predicted octanol–water partition coefficient (Wildman–Crippen LogP) is 2.86. The van der Waals surface area contributed by atoms with Crippen LogP contribution in [0.2, 0.25) is 0 Å². The molecule has 27 heavy (non-hydrogen) atoms. The van der Waals surface area contributed by atoms with Gasteiger partial charge in [-0.2, -0.15) is 0 Å². The summed E-state index contributed by atoms with van der Waals surface area (Å²) >= 11 is 0. The average Bonchev–Trinajstić information content (AvgIpc) is 2.68. The Balaban J connectivity index is 2.30. The van der Waals surface area contributed by atoms with Gasteiger partial charge in [0.2, 0.25) is 0 Å². The van der Waals surface area contributed by atoms with Crippen LogP contribution in [0.15, 0.2) is 41.3 Å². The Morgan fingerprint density at radius 1 is 0.889 bits per heavy atom. The summed E-state index contributed by atoms with van der Waals surface area (Å²) < 4.78 is 48.2. The van der Waals surface area contributed by atoms with E-state index < -0.39 is 10.0 Å². The molecule has 8 heteroatoms. The Morgan fingerprint density at radius 3 is 2.15 bits per heavy atom. The van der Waals surface area contributed by atoms with Crippen molar-refractivity contribution in [3.05, 3.63) is 42.0 Å². The highest BCUT2D eigenvalue weighted by atomic mass is 32.2. The van der Waals surface area contributed by atoms with Crippen molar-refractivity contribution < 1.29 is 27.4 Å². The Morgan fingerprint density at radius 2 is 1.56 bits per heavy atom. The number of methoxy groups -OCH3 is 3. The lowest BCUT2D eigenvalue weighted by Gasteiger charge is -2.21. The molecule has 0 aliphatic carbocycles. The number of hydrogen-bond donors (Lipinski definition) is 0. The van der Waals surface area contributed by atoms with E-state index in [1.165, 1.54) is 31.6 Å². The largest absolute Gasteiger partial charge is 0.493 e. The third-order valence-electron chi connectivity index (χ3n) is 4.08. The first-order chi connectivity index (χ1) is 12.8. The molecule has 0 N–H and O–H groups in total. The lowest BCUT2D eigenvalue weighted by molar-refractivity contribution is 0.146. The van der Waals surface area contributed by atoms with E-state index in [2.05, 4.69) is 0 Å². The highest BCUT2D eigenvalue weighted by Gasteiger charge is 2.23. The maximum atomic E-state index is 13.0. The minimum absolute atomic E-state index is 0.177. The molecule has 0 bridgehead atoms. The summed E-state index contributed by atoms with van der Waals surface area (Å²) in [7, 11) is 2.37. The Bertz CT molecular complexity index is 882. The number of aryl methyl sites for hydroxylation is 1. The summed E-state index contributed by atoms with van der Waals surface area (Å²) in [5.74, 6) is 1.61. The lowest BCUT2D eigenvalue weighted by atomic mass is 10.2. The molecule has 0 aliphatic heterocycles. The Labute approximate surface area is 160 Å². The van der Waals surface area contributed by atoms with Crippen molar-refractivity contribution in [1.82, 2.24) is 0 Å². The first kappa shape index (κ1) is 20.9. The van der Waals surface area contributed by atoms with Crippen molar-refractivity contribution in [2.24, 2.45) is 0 Å². The van der Waals surface area contributed by atoms with Gasteiger partial charge < -0.3 is 18.9 Å². The maximum Gasteiger partial charge on any atom is 0.264 e. The van der Waals surface area contributed by atoms with Gasteiger partial charge in [0.05, 0.1) is 31.4 Å². The number of benzene rings is 2. The maximum absolute atomic E-state index is 13.0. The first-order valence-corrected chi connectivity index (χ1v) is 9.72. The average molecular weight is 395 g/mol. The van der Waals surface area contributed by atoms with Crippen molar-refractivity contribution in [3.63, 3.8) is 0 Å². The van der Waals surface area contributed by atoms with Crippen LogP contribution in [0.25, 0.3) is 0 Å². The fourth-order valence-electron chi connectivity index (χ4n) is 2.50. The van der Waals surface area contributed by atoms with Crippen LogP contribution >= 0.6 is 0 Å². The van der Waals surface area contributed by atoms with Gasteiger partial charge in [0.25, 0.3) is 10.0 Å². The van der Waals surface area contributed by atoms with Crippen molar-refractivity contribution in [2.75, 3.05) is 45.9 Å². The second-order valence-electron chi connectivity index (χ2n) is 5.78. The van der Waals surface area contributed by atoms with Crippen molar-refractivity contribution >= 4 is 15.7 Å². The fourth-order valence-corrected chi connectivity index (χ4v) is 3.77. The summed E-state index contributed by atoms with van der Waals surface area (Å²) in [5.41, 5.74) is 1.19. The third kappa shape index (κ3) is 4.64. The molecule has 0 aromatic heterocycles. The summed E-state index contributed by atoms with van der Waals surface area (Å²) in [6, 6.07) is 9.72. The van der Waals surface area contributed by atoms with Crippen LogP contribution in [0.3, 0.4) is 0 Å². The van der Waals surface area contributed by atoms with Gasteiger partial charge in [-0.1, -0.05) is 0 Å². The molecule has 7 nitrogen and oxygen atoms in total. The third-order valence-corrected chi connectivity index (χ3v) is 5.86. The molecule has 0 spiro atoms. The summed E-state index contributed by atoms with van der Waals surface area (Å²) in [6.07, 6.45) is 0. The highest BCUT2D eigenvalue weighted by molar-refractivity contribution is 7.92. The van der Waals surface area contributed by atoms with Gasteiger partial charge in [-0.25, -0.2) is 8.42 Å². The van der Waals surface area contributed by atoms with Gasteiger partial charge in [-0.05, 0) is 42.8 Å². The first-order valence-electron chi connectivity index (χ1n) is 8.28. The molecule has 0 unspecified atom stereocenters. The molecule has 0 heterocycles. The summed E-state index contributed by atoms with van der Waals surface area (Å²) in [4.78, 5) is 0.177. The quantitative estimate of drug-likeness (QED) is 0.608. The van der Waals surface area contributed by atoms with E-state index in [1.807, 2.05) is 0 Å². The number of nitrogens with zero attached hydrogens (tertiary/aromatic N) is 1. The second-order valence-corrected chi connectivity index (χ2v) is 7.75. The van der Waals surface area contributed by atoms with Gasteiger partial charge >= 0.3 is 0 Å². The van der Waals surface area contributed by atoms with E-state index in [0.717, 1.165) is 5.56 Å². The SMILES string of the molecule is COCCOc1ccc(S(=O)(=O)N(C)c2ccc(OC)c(OC)c2)cc1C. The van der Waals surface area contributed by atoms with Crippen LogP contribution < -0.4 is 18.5 Å². The zero-order chi connectivity index (χ0) is 20.0. The molecule has 0 atom stereocenters. The van der Waals surface area contributed by atoms with Crippen molar-refractivity contribution in [1.29, 1.82) is 0 Å². The molecule has 0 saturated heterocycles. The Hall–Kier alpha value is -2.45. The predicted molar refractivity (Wildman–Crippen MR) is 104 cm³/mol. The molecule has 148 valence electrons. The van der Waals surface area contributed by atoms with Crippen molar-refractivity contribution in [2.45, 2.75) is 11.8 Å². The van der Waals surface area contributed by atoms with Crippen LogP contribution in [0.1, 0.15) is 5.56 Å². The van der Waals surface area contributed by atoms with Gasteiger partial charge in [0.1, 0.15) is 12.4 Å². The van der Waals surface area contributed by atoms with Crippen LogP contribution in [0, 0.1) is 6.92 Å². The van der Waals surface area contributed by atoms with Crippen LogP contribution in [0.4, 0.5) is 5.69 Å². The number of anilines is 1. The van der Waals surface area contributed by atoms with Crippen LogP contribution in [-0.4, -0.2) is 50.0 Å². The standard InChI is InChI=1S/C19H25NO6S/c1-14-12-16(7-9-17(14)26-11-10-23-3)27(21,22)20(2)15-6-8-18(24-4)19(13-15)25-5/h6-9,12-13H,10-11H2,1-5H3. The van der Waals surface area contributed by atoms with Gasteiger partial charge in [-0.3, -0.25) is 4.31 Å². The molecule has 0 aliphatic rings. The molecule has 0 amide bonds. The minimum Gasteiger partial charge on any atom is -0.493 e. The summed E-state index contributed by atoms with van der Waals surface area (Å²) in [5, 5.41) is 0. The molecule has 2 rings (SSSR count). The zero-order valence-electron chi connectivity index (χ0n) is 16.2. The molecule has 2 aromatic carbocycles. The second kappa shape index (κ2) is 8.96. The van der Waals surface area contributed by atoms with E-state index in [9.17, 15) is 8.42 Å². The topological polar surface area (TPSA) is 74.3 Å². The molecule has 0 radical (unpaired) electrons. The molecule has 0 fully saturated rings. The molecule has 2 aromatic rings. The molecular formula is C19H25NO6S. The van der Waals surface area contributed by atoms with Gasteiger partial charge in [0.15, 0.2) is 11.5 Å². The van der Waals surface area contributed by atoms with E-state index in [1.54, 1.807) is 44.4 Å². The molecule has 0 saturated carbocycles. The van der Waals surface area contributed by atoms with E-state index in [0.29, 0.717) is 36.1 Å². The van der Waals surface area contributed by atoms with E-state index in [-0.39, 0.29) is 4.90 Å². The minimum atomic E-state index is -3.74. The normalized spacial score (nSPS) is 11.1. The summed E-state index contributed by atoms with van der Waals surface area (Å²) in [6.45, 7) is 2.66. The van der Waals surface area contributed by atoms with Gasteiger partial charge in [0, 0.05) is 20.2 Å². The number of ether oxygens (including phenoxy) is 4. The van der Waals surface area contributed by atoms with Crippen LogP contribution in [0.5, 0.6) is 17.2 Å². The zero-order valence-corrected chi connectivity index (χ0v) is 17.0.